The Labute approximate surface area is 138 Å². The first kappa shape index (κ1) is 15.4. The molecule has 0 radical (unpaired) electrons. The highest BCUT2D eigenvalue weighted by molar-refractivity contribution is 5.64. The number of rotatable bonds is 5. The first-order valence-corrected chi connectivity index (χ1v) is 7.14. The fourth-order valence-electron chi connectivity index (χ4n) is 2.19. The Hall–Kier alpha value is -3.48. The number of ether oxygens (including phenoxy) is 1. The third kappa shape index (κ3) is 3.46. The number of nitrogens with one attached hydrogen (secondary N) is 1. The predicted molar refractivity (Wildman–Crippen MR) is 90.4 cm³/mol. The molecule has 0 aliphatic carbocycles. The minimum Gasteiger partial charge on any atom is -0.497 e. The van der Waals surface area contributed by atoms with E-state index in [1.54, 1.807) is 31.5 Å². The minimum absolute atomic E-state index is 0.00366. The van der Waals surface area contributed by atoms with E-state index in [4.69, 9.17) is 4.74 Å². The molecule has 1 heterocycles. The van der Waals surface area contributed by atoms with Crippen molar-refractivity contribution < 1.29 is 9.66 Å². The number of aromatic nitrogens is 2. The summed E-state index contributed by atoms with van der Waals surface area (Å²) in [5, 5.41) is 13.8. The van der Waals surface area contributed by atoms with E-state index >= 15 is 0 Å². The molecule has 0 atom stereocenters. The summed E-state index contributed by atoms with van der Waals surface area (Å²) in [5.74, 6) is 1.09. The predicted octanol–water partition coefficient (Wildman–Crippen LogP) is 3.80. The van der Waals surface area contributed by atoms with Gasteiger partial charge in [-0.25, -0.2) is 9.97 Å². The number of hydrogen-bond donors (Lipinski definition) is 1. The zero-order valence-electron chi connectivity index (χ0n) is 12.8. The van der Waals surface area contributed by atoms with Crippen LogP contribution in [0.3, 0.4) is 0 Å². The number of anilines is 2. The standard InChI is InChI=1S/C17H14N4O3/c1-24-15-7-2-4-12(10-15)16-8-9-18-17(20-16)19-13-5-3-6-14(11-13)21(22)23/h2-11H,1H3,(H,18,19,20). The van der Waals surface area contributed by atoms with Gasteiger partial charge in [0.1, 0.15) is 5.75 Å². The number of nitro benzene ring substituents is 1. The van der Waals surface area contributed by atoms with Gasteiger partial charge in [0.05, 0.1) is 17.7 Å². The lowest BCUT2D eigenvalue weighted by molar-refractivity contribution is -0.384. The van der Waals surface area contributed by atoms with E-state index < -0.39 is 4.92 Å². The number of nitrogens with zero attached hydrogens (tertiary/aromatic N) is 3. The summed E-state index contributed by atoms with van der Waals surface area (Å²) >= 11 is 0. The topological polar surface area (TPSA) is 90.2 Å². The Morgan fingerprint density at radius 3 is 2.75 bits per heavy atom. The Bertz CT molecular complexity index is 883. The zero-order chi connectivity index (χ0) is 16.9. The fraction of sp³-hybridized carbons (Fsp3) is 0.0588. The van der Waals surface area contributed by atoms with Crippen molar-refractivity contribution >= 4 is 17.3 Å². The molecule has 3 aromatic rings. The van der Waals surface area contributed by atoms with E-state index in [0.29, 0.717) is 11.6 Å². The van der Waals surface area contributed by atoms with Crippen LogP contribution in [0.1, 0.15) is 0 Å². The lowest BCUT2D eigenvalue weighted by Gasteiger charge is -2.07. The number of nitro groups is 1. The molecule has 0 bridgehead atoms. The van der Waals surface area contributed by atoms with Crippen molar-refractivity contribution in [2.45, 2.75) is 0 Å². The van der Waals surface area contributed by atoms with Gasteiger partial charge in [-0.2, -0.15) is 0 Å². The number of benzene rings is 2. The monoisotopic (exact) mass is 322 g/mol. The maximum absolute atomic E-state index is 10.8. The van der Waals surface area contributed by atoms with Crippen molar-refractivity contribution in [2.24, 2.45) is 0 Å². The van der Waals surface area contributed by atoms with Gasteiger partial charge in [-0.1, -0.05) is 18.2 Å². The third-order valence-electron chi connectivity index (χ3n) is 3.33. The highest BCUT2D eigenvalue weighted by atomic mass is 16.6. The van der Waals surface area contributed by atoms with Crippen molar-refractivity contribution in [1.29, 1.82) is 0 Å². The van der Waals surface area contributed by atoms with Gasteiger partial charge in [0.2, 0.25) is 5.95 Å². The fourth-order valence-corrected chi connectivity index (χ4v) is 2.19. The molecule has 0 aliphatic rings. The summed E-state index contributed by atoms with van der Waals surface area (Å²) in [6.45, 7) is 0. The molecule has 1 aromatic heterocycles. The molecule has 1 N–H and O–H groups in total. The second-order valence-corrected chi connectivity index (χ2v) is 4.93. The molecular formula is C17H14N4O3. The van der Waals surface area contributed by atoms with Gasteiger partial charge < -0.3 is 10.1 Å². The van der Waals surface area contributed by atoms with Crippen LogP contribution in [0.25, 0.3) is 11.3 Å². The smallest absolute Gasteiger partial charge is 0.271 e. The van der Waals surface area contributed by atoms with Crippen molar-refractivity contribution in [3.05, 3.63) is 70.9 Å². The molecule has 3 rings (SSSR count). The van der Waals surface area contributed by atoms with E-state index in [1.165, 1.54) is 12.1 Å². The van der Waals surface area contributed by atoms with Gasteiger partial charge in [-0.05, 0) is 24.3 Å². The third-order valence-corrected chi connectivity index (χ3v) is 3.33. The van der Waals surface area contributed by atoms with Crippen molar-refractivity contribution in [1.82, 2.24) is 9.97 Å². The van der Waals surface area contributed by atoms with E-state index in [0.717, 1.165) is 17.0 Å². The van der Waals surface area contributed by atoms with Crippen LogP contribution < -0.4 is 10.1 Å². The lowest BCUT2D eigenvalue weighted by Crippen LogP contribution is -1.98. The summed E-state index contributed by atoms with van der Waals surface area (Å²) in [7, 11) is 1.61. The van der Waals surface area contributed by atoms with Crippen LogP contribution >= 0.6 is 0 Å². The second kappa shape index (κ2) is 6.74. The molecule has 7 heteroatoms. The van der Waals surface area contributed by atoms with Crippen molar-refractivity contribution in [3.8, 4) is 17.0 Å². The first-order chi connectivity index (χ1) is 11.7. The van der Waals surface area contributed by atoms with Gasteiger partial charge in [0.25, 0.3) is 5.69 Å². The number of non-ortho nitro benzene ring substituents is 1. The van der Waals surface area contributed by atoms with Crippen LogP contribution in [0.15, 0.2) is 60.8 Å². The SMILES string of the molecule is COc1cccc(-c2ccnc(Nc3cccc([N+](=O)[O-])c3)n2)c1. The van der Waals surface area contributed by atoms with Crippen LogP contribution in [0.2, 0.25) is 0 Å². The summed E-state index contributed by atoms with van der Waals surface area (Å²) in [6, 6.07) is 15.5. The molecule has 2 aromatic carbocycles. The molecular weight excluding hydrogens is 308 g/mol. The van der Waals surface area contributed by atoms with Crippen LogP contribution in [-0.4, -0.2) is 22.0 Å². The van der Waals surface area contributed by atoms with Gasteiger partial charge in [0, 0.05) is 29.6 Å². The molecule has 0 aliphatic heterocycles. The Morgan fingerprint density at radius 2 is 1.96 bits per heavy atom. The van der Waals surface area contributed by atoms with E-state index in [1.807, 2.05) is 24.3 Å². The van der Waals surface area contributed by atoms with E-state index in [9.17, 15) is 10.1 Å². The van der Waals surface area contributed by atoms with Crippen LogP contribution in [-0.2, 0) is 0 Å². The summed E-state index contributed by atoms with van der Waals surface area (Å²) in [4.78, 5) is 19.0. The average molecular weight is 322 g/mol. The lowest BCUT2D eigenvalue weighted by atomic mass is 10.1. The molecule has 0 unspecified atom stereocenters. The number of hydrogen-bond acceptors (Lipinski definition) is 6. The molecule has 0 saturated heterocycles. The highest BCUT2D eigenvalue weighted by Crippen LogP contribution is 2.24. The van der Waals surface area contributed by atoms with Crippen molar-refractivity contribution in [2.75, 3.05) is 12.4 Å². The molecule has 0 amide bonds. The molecule has 0 fully saturated rings. The summed E-state index contributed by atoms with van der Waals surface area (Å²) in [6.07, 6.45) is 1.63. The zero-order valence-corrected chi connectivity index (χ0v) is 12.8. The quantitative estimate of drug-likeness (QED) is 0.567. The summed E-state index contributed by atoms with van der Waals surface area (Å²) in [5.41, 5.74) is 2.16. The van der Waals surface area contributed by atoms with Crippen LogP contribution in [0, 0.1) is 10.1 Å². The van der Waals surface area contributed by atoms with Crippen molar-refractivity contribution in [3.63, 3.8) is 0 Å². The highest BCUT2D eigenvalue weighted by Gasteiger charge is 2.08. The van der Waals surface area contributed by atoms with Gasteiger partial charge in [-0.3, -0.25) is 10.1 Å². The molecule has 24 heavy (non-hydrogen) atoms. The van der Waals surface area contributed by atoms with Gasteiger partial charge in [-0.15, -0.1) is 0 Å². The largest absolute Gasteiger partial charge is 0.497 e. The van der Waals surface area contributed by atoms with Crippen LogP contribution in [0.4, 0.5) is 17.3 Å². The molecule has 0 spiro atoms. The maximum Gasteiger partial charge on any atom is 0.271 e. The van der Waals surface area contributed by atoms with Gasteiger partial charge in [0.15, 0.2) is 0 Å². The molecule has 0 saturated carbocycles. The second-order valence-electron chi connectivity index (χ2n) is 4.93. The maximum atomic E-state index is 10.8. The summed E-state index contributed by atoms with van der Waals surface area (Å²) < 4.78 is 5.21. The molecule has 120 valence electrons. The Balaban J connectivity index is 1.88. The van der Waals surface area contributed by atoms with Crippen LogP contribution in [0.5, 0.6) is 5.75 Å². The Kier molecular flexibility index (Phi) is 4.33. The van der Waals surface area contributed by atoms with E-state index in [2.05, 4.69) is 15.3 Å². The van der Waals surface area contributed by atoms with Gasteiger partial charge >= 0.3 is 0 Å². The Morgan fingerprint density at radius 1 is 1.12 bits per heavy atom. The van der Waals surface area contributed by atoms with E-state index in [-0.39, 0.29) is 5.69 Å². The average Bonchev–Trinajstić information content (AvgIpc) is 2.62. The minimum atomic E-state index is -0.446. The number of methoxy groups -OCH3 is 1. The first-order valence-electron chi connectivity index (χ1n) is 7.14. The molecule has 7 nitrogen and oxygen atoms in total. The normalized spacial score (nSPS) is 10.2.